The SMILES string of the molecule is NC(=O)C(CC(=O)NC1CC1)Nc1cccc(Cl)c1. The van der Waals surface area contributed by atoms with Crippen molar-refractivity contribution < 1.29 is 9.59 Å². The number of nitrogens with two attached hydrogens (primary N) is 1. The highest BCUT2D eigenvalue weighted by atomic mass is 35.5. The lowest BCUT2D eigenvalue weighted by Crippen LogP contribution is -2.40. The molecule has 0 aromatic heterocycles. The minimum Gasteiger partial charge on any atom is -0.373 e. The summed E-state index contributed by atoms with van der Waals surface area (Å²) in [6.45, 7) is 0. The van der Waals surface area contributed by atoms with Gasteiger partial charge in [-0.05, 0) is 31.0 Å². The second-order valence-electron chi connectivity index (χ2n) is 4.66. The van der Waals surface area contributed by atoms with Crippen molar-refractivity contribution in [3.05, 3.63) is 29.3 Å². The Hall–Kier alpha value is -1.75. The van der Waals surface area contributed by atoms with Gasteiger partial charge in [-0.15, -0.1) is 0 Å². The van der Waals surface area contributed by atoms with Gasteiger partial charge in [0.15, 0.2) is 0 Å². The van der Waals surface area contributed by atoms with E-state index < -0.39 is 11.9 Å². The Labute approximate surface area is 116 Å². The number of halogens is 1. The molecule has 1 saturated carbocycles. The third kappa shape index (κ3) is 4.44. The molecule has 2 rings (SSSR count). The van der Waals surface area contributed by atoms with Gasteiger partial charge in [-0.2, -0.15) is 0 Å². The number of carbonyl (C=O) groups excluding carboxylic acids is 2. The number of hydrogen-bond donors (Lipinski definition) is 3. The summed E-state index contributed by atoms with van der Waals surface area (Å²) < 4.78 is 0. The molecular formula is C13H16ClN3O2. The summed E-state index contributed by atoms with van der Waals surface area (Å²) in [4.78, 5) is 23.1. The maximum atomic E-state index is 11.7. The number of anilines is 1. The van der Waals surface area contributed by atoms with Gasteiger partial charge in [0.05, 0.1) is 6.42 Å². The van der Waals surface area contributed by atoms with E-state index in [1.165, 1.54) is 0 Å². The molecule has 4 N–H and O–H groups in total. The van der Waals surface area contributed by atoms with Gasteiger partial charge < -0.3 is 16.4 Å². The van der Waals surface area contributed by atoms with Crippen LogP contribution >= 0.6 is 11.6 Å². The fourth-order valence-electron chi connectivity index (χ4n) is 1.70. The molecule has 6 heteroatoms. The first-order valence-corrected chi connectivity index (χ1v) is 6.53. The minimum absolute atomic E-state index is 0.0261. The number of amides is 2. The quantitative estimate of drug-likeness (QED) is 0.734. The predicted molar refractivity (Wildman–Crippen MR) is 73.8 cm³/mol. The molecule has 1 aliphatic rings. The van der Waals surface area contributed by atoms with Crippen LogP contribution in [-0.2, 0) is 9.59 Å². The van der Waals surface area contributed by atoms with E-state index in [4.69, 9.17) is 17.3 Å². The highest BCUT2D eigenvalue weighted by Gasteiger charge is 2.26. The number of hydrogen-bond acceptors (Lipinski definition) is 3. The Morgan fingerprint density at radius 3 is 2.74 bits per heavy atom. The summed E-state index contributed by atoms with van der Waals surface area (Å²) in [5, 5.41) is 6.30. The lowest BCUT2D eigenvalue weighted by atomic mass is 10.1. The molecule has 1 aliphatic carbocycles. The van der Waals surface area contributed by atoms with Crippen molar-refractivity contribution in [2.24, 2.45) is 5.73 Å². The molecule has 19 heavy (non-hydrogen) atoms. The van der Waals surface area contributed by atoms with E-state index in [1.54, 1.807) is 24.3 Å². The van der Waals surface area contributed by atoms with Crippen LogP contribution in [0.3, 0.4) is 0 Å². The van der Waals surface area contributed by atoms with E-state index in [-0.39, 0.29) is 18.4 Å². The molecule has 1 unspecified atom stereocenters. The van der Waals surface area contributed by atoms with Crippen LogP contribution in [0.25, 0.3) is 0 Å². The lowest BCUT2D eigenvalue weighted by molar-refractivity contribution is -0.125. The topological polar surface area (TPSA) is 84.2 Å². The highest BCUT2D eigenvalue weighted by Crippen LogP contribution is 2.19. The Kier molecular flexibility index (Phi) is 4.27. The highest BCUT2D eigenvalue weighted by molar-refractivity contribution is 6.30. The normalized spacial score (nSPS) is 15.6. The van der Waals surface area contributed by atoms with E-state index in [9.17, 15) is 9.59 Å². The molecule has 1 aromatic rings. The average Bonchev–Trinajstić information content (AvgIpc) is 3.12. The summed E-state index contributed by atoms with van der Waals surface area (Å²) in [5.74, 6) is -0.730. The number of rotatable bonds is 6. The van der Waals surface area contributed by atoms with Crippen LogP contribution < -0.4 is 16.4 Å². The van der Waals surface area contributed by atoms with Gasteiger partial charge in [0.1, 0.15) is 6.04 Å². The van der Waals surface area contributed by atoms with Crippen molar-refractivity contribution in [1.29, 1.82) is 0 Å². The maximum absolute atomic E-state index is 11.7. The van der Waals surface area contributed by atoms with Gasteiger partial charge in [0.25, 0.3) is 0 Å². The van der Waals surface area contributed by atoms with Crippen LogP contribution in [0.4, 0.5) is 5.69 Å². The zero-order chi connectivity index (χ0) is 13.8. The van der Waals surface area contributed by atoms with Crippen LogP contribution in [0.2, 0.25) is 5.02 Å². The van der Waals surface area contributed by atoms with Crippen molar-refractivity contribution in [2.45, 2.75) is 31.3 Å². The van der Waals surface area contributed by atoms with Gasteiger partial charge in [0, 0.05) is 16.8 Å². The summed E-state index contributed by atoms with van der Waals surface area (Å²) in [6, 6.07) is 6.46. The third-order valence-electron chi connectivity index (χ3n) is 2.84. The Morgan fingerprint density at radius 1 is 1.42 bits per heavy atom. The average molecular weight is 282 g/mol. The van der Waals surface area contributed by atoms with E-state index in [2.05, 4.69) is 10.6 Å². The Balaban J connectivity index is 1.95. The van der Waals surface area contributed by atoms with Crippen molar-refractivity contribution in [1.82, 2.24) is 5.32 Å². The number of benzene rings is 1. The van der Waals surface area contributed by atoms with Crippen molar-refractivity contribution in [2.75, 3.05) is 5.32 Å². The molecule has 0 radical (unpaired) electrons. The molecular weight excluding hydrogens is 266 g/mol. The zero-order valence-electron chi connectivity index (χ0n) is 10.4. The summed E-state index contributed by atoms with van der Waals surface area (Å²) in [5.41, 5.74) is 5.97. The fraction of sp³-hybridized carbons (Fsp3) is 0.385. The van der Waals surface area contributed by atoms with Gasteiger partial charge in [-0.1, -0.05) is 17.7 Å². The van der Waals surface area contributed by atoms with Crippen LogP contribution in [0.15, 0.2) is 24.3 Å². The molecule has 0 aliphatic heterocycles. The largest absolute Gasteiger partial charge is 0.373 e. The Morgan fingerprint density at radius 2 is 2.16 bits per heavy atom. The van der Waals surface area contributed by atoms with Crippen LogP contribution in [0, 0.1) is 0 Å². The molecule has 1 aromatic carbocycles. The molecule has 102 valence electrons. The van der Waals surface area contributed by atoms with E-state index in [0.717, 1.165) is 12.8 Å². The van der Waals surface area contributed by atoms with E-state index >= 15 is 0 Å². The first-order valence-electron chi connectivity index (χ1n) is 6.15. The summed E-state index contributed by atoms with van der Waals surface area (Å²) in [6.07, 6.45) is 2.04. The molecule has 0 spiro atoms. The second kappa shape index (κ2) is 5.93. The lowest BCUT2D eigenvalue weighted by Gasteiger charge is -2.16. The molecule has 0 heterocycles. The fourth-order valence-corrected chi connectivity index (χ4v) is 1.89. The maximum Gasteiger partial charge on any atom is 0.240 e. The van der Waals surface area contributed by atoms with Crippen LogP contribution in [0.1, 0.15) is 19.3 Å². The van der Waals surface area contributed by atoms with Crippen LogP contribution in [0.5, 0.6) is 0 Å². The molecule has 2 amide bonds. The molecule has 5 nitrogen and oxygen atoms in total. The van der Waals surface area contributed by atoms with Crippen molar-refractivity contribution >= 4 is 29.1 Å². The van der Waals surface area contributed by atoms with Crippen molar-refractivity contribution in [3.8, 4) is 0 Å². The number of carbonyl (C=O) groups is 2. The van der Waals surface area contributed by atoms with Crippen molar-refractivity contribution in [3.63, 3.8) is 0 Å². The first-order chi connectivity index (χ1) is 9.04. The molecule has 0 bridgehead atoms. The van der Waals surface area contributed by atoms with Gasteiger partial charge in [-0.3, -0.25) is 9.59 Å². The van der Waals surface area contributed by atoms with Gasteiger partial charge >= 0.3 is 0 Å². The minimum atomic E-state index is -0.739. The second-order valence-corrected chi connectivity index (χ2v) is 5.09. The zero-order valence-corrected chi connectivity index (χ0v) is 11.1. The standard InChI is InChI=1S/C13H16ClN3O2/c14-8-2-1-3-10(6-8)16-11(13(15)19)7-12(18)17-9-4-5-9/h1-3,6,9,11,16H,4-5,7H2,(H2,15,19)(H,17,18). The third-order valence-corrected chi connectivity index (χ3v) is 3.08. The van der Waals surface area contributed by atoms with Gasteiger partial charge in [0.2, 0.25) is 11.8 Å². The monoisotopic (exact) mass is 281 g/mol. The Bertz CT molecular complexity index is 489. The molecule has 1 fully saturated rings. The number of nitrogens with one attached hydrogen (secondary N) is 2. The van der Waals surface area contributed by atoms with Crippen LogP contribution in [-0.4, -0.2) is 23.9 Å². The summed E-state index contributed by atoms with van der Waals surface area (Å²) >= 11 is 5.86. The summed E-state index contributed by atoms with van der Waals surface area (Å²) in [7, 11) is 0. The van der Waals surface area contributed by atoms with E-state index in [1.807, 2.05) is 0 Å². The number of primary amides is 1. The van der Waals surface area contributed by atoms with Gasteiger partial charge in [-0.25, -0.2) is 0 Å². The predicted octanol–water partition coefficient (Wildman–Crippen LogP) is 1.27. The molecule has 0 saturated heterocycles. The smallest absolute Gasteiger partial charge is 0.240 e. The molecule has 1 atom stereocenters. The first kappa shape index (κ1) is 13.7. The van der Waals surface area contributed by atoms with E-state index in [0.29, 0.717) is 10.7 Å².